The lowest BCUT2D eigenvalue weighted by atomic mass is 10.1. The molecule has 1 aromatic heterocycles. The lowest BCUT2D eigenvalue weighted by Gasteiger charge is -2.03. The quantitative estimate of drug-likeness (QED) is 0.720. The van der Waals surface area contributed by atoms with Gasteiger partial charge >= 0.3 is 0 Å². The van der Waals surface area contributed by atoms with Gasteiger partial charge in [0.05, 0.1) is 0 Å². The zero-order valence-electron chi connectivity index (χ0n) is 7.72. The van der Waals surface area contributed by atoms with E-state index in [1.165, 1.54) is 12.4 Å². The Morgan fingerprint density at radius 1 is 0.938 bits per heavy atom. The van der Waals surface area contributed by atoms with Gasteiger partial charge in [0.2, 0.25) is 0 Å². The lowest BCUT2D eigenvalue weighted by molar-refractivity contribution is 0.447. The van der Waals surface area contributed by atoms with E-state index in [1.807, 2.05) is 0 Å². The molecule has 0 unspecified atom stereocenters. The molecule has 1 aromatic carbocycles. The van der Waals surface area contributed by atoms with Crippen LogP contribution in [0.5, 0.6) is 0 Å². The van der Waals surface area contributed by atoms with Gasteiger partial charge in [0, 0.05) is 18.0 Å². The summed E-state index contributed by atoms with van der Waals surface area (Å²) in [5.41, 5.74) is 0.136. The monoisotopic (exact) mass is 244 g/mol. The summed E-state index contributed by atoms with van der Waals surface area (Å²) in [6.07, 6.45) is 2.66. The summed E-state index contributed by atoms with van der Waals surface area (Å²) >= 11 is 5.69. The van der Waals surface area contributed by atoms with Gasteiger partial charge in [-0.05, 0) is 12.1 Å². The van der Waals surface area contributed by atoms with Crippen molar-refractivity contribution in [3.8, 4) is 11.3 Å². The number of hydrogen-bond donors (Lipinski definition) is 0. The van der Waals surface area contributed by atoms with Crippen molar-refractivity contribution >= 4 is 11.6 Å². The van der Waals surface area contributed by atoms with Gasteiger partial charge in [0.25, 0.3) is 0 Å². The normalized spacial score (nSPS) is 10.5. The molecule has 0 atom stereocenters. The molecular formula is C10H4ClF3N2. The summed E-state index contributed by atoms with van der Waals surface area (Å²) < 4.78 is 38.6. The summed E-state index contributed by atoms with van der Waals surface area (Å²) in [6.45, 7) is 0. The minimum Gasteiger partial charge on any atom is -0.251 e. The van der Waals surface area contributed by atoms with Crippen molar-refractivity contribution in [2.45, 2.75) is 0 Å². The highest BCUT2D eigenvalue weighted by molar-refractivity contribution is 6.31. The minimum absolute atomic E-state index is 0.00657. The molecule has 2 rings (SSSR count). The van der Waals surface area contributed by atoms with Crippen LogP contribution >= 0.6 is 11.6 Å². The zero-order valence-corrected chi connectivity index (χ0v) is 8.47. The van der Waals surface area contributed by atoms with Gasteiger partial charge < -0.3 is 0 Å². The van der Waals surface area contributed by atoms with Crippen molar-refractivity contribution in [3.63, 3.8) is 0 Å². The van der Waals surface area contributed by atoms with E-state index >= 15 is 0 Å². The van der Waals surface area contributed by atoms with Crippen LogP contribution in [-0.2, 0) is 0 Å². The molecule has 0 aliphatic carbocycles. The first-order valence-corrected chi connectivity index (χ1v) is 4.59. The van der Waals surface area contributed by atoms with Gasteiger partial charge in [-0.15, -0.1) is 0 Å². The molecule has 6 heteroatoms. The Morgan fingerprint density at radius 3 is 2.06 bits per heavy atom. The molecule has 0 radical (unpaired) electrons. The largest absolute Gasteiger partial charge is 0.251 e. The van der Waals surface area contributed by atoms with Gasteiger partial charge in [-0.25, -0.2) is 18.2 Å². The first kappa shape index (κ1) is 10.9. The first-order valence-electron chi connectivity index (χ1n) is 4.21. The van der Waals surface area contributed by atoms with Crippen LogP contribution in [0.2, 0.25) is 5.15 Å². The lowest BCUT2D eigenvalue weighted by Crippen LogP contribution is -1.94. The number of halogens is 4. The fraction of sp³-hybridized carbons (Fsp3) is 0. The van der Waals surface area contributed by atoms with Crippen LogP contribution in [0.15, 0.2) is 24.5 Å². The van der Waals surface area contributed by atoms with E-state index in [0.29, 0.717) is 0 Å². The van der Waals surface area contributed by atoms with Crippen molar-refractivity contribution in [1.29, 1.82) is 0 Å². The molecule has 0 N–H and O–H groups in total. The fourth-order valence-electron chi connectivity index (χ4n) is 1.21. The van der Waals surface area contributed by atoms with Gasteiger partial charge in [-0.2, -0.15) is 0 Å². The molecule has 0 bridgehead atoms. The second-order valence-electron chi connectivity index (χ2n) is 2.95. The third-order valence-corrected chi connectivity index (χ3v) is 2.19. The zero-order chi connectivity index (χ0) is 11.7. The predicted octanol–water partition coefficient (Wildman–Crippen LogP) is 3.21. The standard InChI is InChI=1S/C10H4ClF3N2/c11-10-9(15-1-2-16-10)5-3-6(12)8(14)7(13)4-5/h1-4H. The Kier molecular flexibility index (Phi) is 2.78. The summed E-state index contributed by atoms with van der Waals surface area (Å²) in [7, 11) is 0. The number of aromatic nitrogens is 2. The van der Waals surface area contributed by atoms with Crippen molar-refractivity contribution in [1.82, 2.24) is 9.97 Å². The van der Waals surface area contributed by atoms with E-state index in [0.717, 1.165) is 12.1 Å². The SMILES string of the molecule is Fc1cc(-c2nccnc2Cl)cc(F)c1F. The Labute approximate surface area is 93.7 Å². The molecule has 16 heavy (non-hydrogen) atoms. The van der Waals surface area contributed by atoms with Crippen LogP contribution in [0.1, 0.15) is 0 Å². The summed E-state index contributed by atoms with van der Waals surface area (Å²) in [6, 6.07) is 1.63. The van der Waals surface area contributed by atoms with E-state index in [4.69, 9.17) is 11.6 Å². The number of nitrogens with zero attached hydrogens (tertiary/aromatic N) is 2. The highest BCUT2D eigenvalue weighted by atomic mass is 35.5. The van der Waals surface area contributed by atoms with E-state index in [-0.39, 0.29) is 16.4 Å². The number of hydrogen-bond acceptors (Lipinski definition) is 2. The van der Waals surface area contributed by atoms with Crippen LogP contribution in [-0.4, -0.2) is 9.97 Å². The van der Waals surface area contributed by atoms with Crippen molar-refractivity contribution in [3.05, 3.63) is 47.1 Å². The molecule has 0 aliphatic heterocycles. The van der Waals surface area contributed by atoms with E-state index in [9.17, 15) is 13.2 Å². The maximum absolute atomic E-state index is 13.0. The second-order valence-corrected chi connectivity index (χ2v) is 3.31. The minimum atomic E-state index is -1.52. The van der Waals surface area contributed by atoms with Crippen molar-refractivity contribution in [2.75, 3.05) is 0 Å². The Hall–Kier alpha value is -1.62. The summed E-state index contributed by atoms with van der Waals surface area (Å²) in [5, 5.41) is -0.00657. The molecule has 82 valence electrons. The summed E-state index contributed by atoms with van der Waals surface area (Å²) in [4.78, 5) is 7.51. The van der Waals surface area contributed by atoms with Gasteiger partial charge in [0.15, 0.2) is 22.6 Å². The third kappa shape index (κ3) is 1.86. The maximum Gasteiger partial charge on any atom is 0.194 e. The third-order valence-electron chi connectivity index (χ3n) is 1.91. The molecule has 2 aromatic rings. The van der Waals surface area contributed by atoms with Crippen LogP contribution in [0.4, 0.5) is 13.2 Å². The molecule has 0 saturated carbocycles. The van der Waals surface area contributed by atoms with Crippen molar-refractivity contribution in [2.24, 2.45) is 0 Å². The van der Waals surface area contributed by atoms with Gasteiger partial charge in [0.1, 0.15) is 5.69 Å². The molecule has 0 saturated heterocycles. The molecule has 0 amide bonds. The Morgan fingerprint density at radius 2 is 1.50 bits per heavy atom. The van der Waals surface area contributed by atoms with Crippen LogP contribution in [0.3, 0.4) is 0 Å². The van der Waals surface area contributed by atoms with Gasteiger partial charge in [-0.1, -0.05) is 11.6 Å². The summed E-state index contributed by atoms with van der Waals surface area (Å²) in [5.74, 6) is -4.11. The highest BCUT2D eigenvalue weighted by Gasteiger charge is 2.14. The van der Waals surface area contributed by atoms with Crippen LogP contribution < -0.4 is 0 Å². The first-order chi connectivity index (χ1) is 7.59. The fourth-order valence-corrected chi connectivity index (χ4v) is 1.42. The van der Waals surface area contributed by atoms with Gasteiger partial charge in [-0.3, -0.25) is 4.98 Å². The average Bonchev–Trinajstić information content (AvgIpc) is 2.26. The van der Waals surface area contributed by atoms with Crippen LogP contribution in [0, 0.1) is 17.5 Å². The smallest absolute Gasteiger partial charge is 0.194 e. The Balaban J connectivity index is 2.62. The van der Waals surface area contributed by atoms with E-state index < -0.39 is 17.5 Å². The molecule has 1 heterocycles. The highest BCUT2D eigenvalue weighted by Crippen LogP contribution is 2.26. The molecule has 0 aliphatic rings. The maximum atomic E-state index is 13.0. The number of benzene rings is 1. The van der Waals surface area contributed by atoms with Crippen LogP contribution in [0.25, 0.3) is 11.3 Å². The Bertz CT molecular complexity index is 522. The van der Waals surface area contributed by atoms with Crippen molar-refractivity contribution < 1.29 is 13.2 Å². The number of rotatable bonds is 1. The second kappa shape index (κ2) is 4.09. The topological polar surface area (TPSA) is 25.8 Å². The predicted molar refractivity (Wildman–Crippen MR) is 52.4 cm³/mol. The van der Waals surface area contributed by atoms with E-state index in [1.54, 1.807) is 0 Å². The molecule has 2 nitrogen and oxygen atoms in total. The average molecular weight is 245 g/mol. The molecule has 0 fully saturated rings. The van der Waals surface area contributed by atoms with E-state index in [2.05, 4.69) is 9.97 Å². The molecular weight excluding hydrogens is 241 g/mol. The molecule has 0 spiro atoms.